The molecule has 0 aliphatic carbocycles. The molecule has 7 heteroatoms. The highest BCUT2D eigenvalue weighted by Crippen LogP contribution is 2.22. The van der Waals surface area contributed by atoms with E-state index >= 15 is 0 Å². The number of nitrogens with two attached hydrogens (primary N) is 1. The number of nitrogens with one attached hydrogen (secondary N) is 1. The number of amides is 2. The van der Waals surface area contributed by atoms with Gasteiger partial charge in [-0.25, -0.2) is 4.39 Å². The van der Waals surface area contributed by atoms with Gasteiger partial charge < -0.3 is 11.1 Å². The van der Waals surface area contributed by atoms with Crippen LogP contribution in [0.4, 0.5) is 10.1 Å². The van der Waals surface area contributed by atoms with Crippen LogP contribution in [0.15, 0.2) is 40.9 Å². The van der Waals surface area contributed by atoms with Gasteiger partial charge in [-0.15, -0.1) is 0 Å². The topological polar surface area (TPSA) is 72.2 Å². The van der Waals surface area contributed by atoms with Crippen LogP contribution >= 0.6 is 27.5 Å². The molecule has 108 valence electrons. The summed E-state index contributed by atoms with van der Waals surface area (Å²) in [6.07, 6.45) is 0. The molecule has 0 aliphatic heterocycles. The monoisotopic (exact) mass is 370 g/mol. The van der Waals surface area contributed by atoms with E-state index in [2.05, 4.69) is 21.2 Å². The molecule has 0 spiro atoms. The quantitative estimate of drug-likeness (QED) is 0.865. The molecule has 2 amide bonds. The SMILES string of the molecule is NC(=O)c1cc(NC(=O)c2cc(Br)ccc2F)ccc1Cl. The first kappa shape index (κ1) is 15.5. The minimum atomic E-state index is -0.718. The van der Waals surface area contributed by atoms with Crippen molar-refractivity contribution in [3.8, 4) is 0 Å². The van der Waals surface area contributed by atoms with Crippen molar-refractivity contribution in [2.24, 2.45) is 5.73 Å². The molecule has 0 unspecified atom stereocenters. The van der Waals surface area contributed by atoms with Crippen LogP contribution in [0.2, 0.25) is 5.02 Å². The number of hydrogen-bond acceptors (Lipinski definition) is 2. The van der Waals surface area contributed by atoms with E-state index in [0.29, 0.717) is 4.47 Å². The van der Waals surface area contributed by atoms with E-state index < -0.39 is 17.6 Å². The third kappa shape index (κ3) is 3.59. The fourth-order valence-corrected chi connectivity index (χ4v) is 2.23. The smallest absolute Gasteiger partial charge is 0.258 e. The summed E-state index contributed by atoms with van der Waals surface area (Å²) >= 11 is 8.98. The Bertz CT molecular complexity index is 737. The minimum Gasteiger partial charge on any atom is -0.366 e. The standard InChI is InChI=1S/C14H9BrClFN2O2/c15-7-1-4-12(17)10(5-7)14(21)19-8-2-3-11(16)9(6-8)13(18)20/h1-6H,(H2,18,20)(H,19,21). The van der Waals surface area contributed by atoms with E-state index in [0.717, 1.165) is 0 Å². The lowest BCUT2D eigenvalue weighted by Crippen LogP contribution is -2.16. The Balaban J connectivity index is 2.29. The van der Waals surface area contributed by atoms with Crippen LogP contribution in [0.25, 0.3) is 0 Å². The summed E-state index contributed by atoms with van der Waals surface area (Å²) in [7, 11) is 0. The maximum Gasteiger partial charge on any atom is 0.258 e. The zero-order valence-corrected chi connectivity index (χ0v) is 12.8. The predicted molar refractivity (Wildman–Crippen MR) is 82.0 cm³/mol. The lowest BCUT2D eigenvalue weighted by atomic mass is 10.1. The zero-order chi connectivity index (χ0) is 15.6. The summed E-state index contributed by atoms with van der Waals surface area (Å²) in [6, 6.07) is 8.26. The van der Waals surface area contributed by atoms with Gasteiger partial charge in [0.2, 0.25) is 5.91 Å². The molecular formula is C14H9BrClFN2O2. The van der Waals surface area contributed by atoms with Crippen LogP contribution in [0.1, 0.15) is 20.7 Å². The second-order valence-corrected chi connectivity index (χ2v) is 5.46. The lowest BCUT2D eigenvalue weighted by molar-refractivity contribution is 0.0995. The molecule has 3 N–H and O–H groups in total. The van der Waals surface area contributed by atoms with Crippen molar-refractivity contribution in [3.63, 3.8) is 0 Å². The number of carbonyl (C=O) groups is 2. The Morgan fingerprint density at radius 1 is 1.14 bits per heavy atom. The van der Waals surface area contributed by atoms with Crippen molar-refractivity contribution in [2.75, 3.05) is 5.32 Å². The Kier molecular flexibility index (Phi) is 4.59. The van der Waals surface area contributed by atoms with Crippen LogP contribution in [-0.2, 0) is 0 Å². The first-order chi connectivity index (χ1) is 9.88. The van der Waals surface area contributed by atoms with Gasteiger partial charge in [0.1, 0.15) is 5.82 Å². The molecule has 0 atom stereocenters. The average Bonchev–Trinajstić information content (AvgIpc) is 2.43. The molecule has 4 nitrogen and oxygen atoms in total. The highest BCUT2D eigenvalue weighted by molar-refractivity contribution is 9.10. The number of rotatable bonds is 3. The van der Waals surface area contributed by atoms with E-state index in [4.69, 9.17) is 17.3 Å². The van der Waals surface area contributed by atoms with Gasteiger partial charge in [-0.1, -0.05) is 27.5 Å². The molecule has 0 saturated carbocycles. The van der Waals surface area contributed by atoms with Crippen molar-refractivity contribution < 1.29 is 14.0 Å². The second kappa shape index (κ2) is 6.24. The molecular weight excluding hydrogens is 363 g/mol. The molecule has 2 aromatic carbocycles. The average molecular weight is 372 g/mol. The number of anilines is 1. The number of primary amides is 1. The predicted octanol–water partition coefficient (Wildman–Crippen LogP) is 3.59. The third-order valence-electron chi connectivity index (χ3n) is 2.66. The fraction of sp³-hybridized carbons (Fsp3) is 0. The van der Waals surface area contributed by atoms with Crippen molar-refractivity contribution in [2.45, 2.75) is 0 Å². The molecule has 2 rings (SSSR count). The van der Waals surface area contributed by atoms with Crippen molar-refractivity contribution in [1.29, 1.82) is 0 Å². The highest BCUT2D eigenvalue weighted by Gasteiger charge is 2.14. The lowest BCUT2D eigenvalue weighted by Gasteiger charge is -2.08. The Hall–Kier alpha value is -1.92. The van der Waals surface area contributed by atoms with Gasteiger partial charge in [-0.05, 0) is 36.4 Å². The molecule has 0 bridgehead atoms. The summed E-state index contributed by atoms with van der Waals surface area (Å²) in [5.74, 6) is -2.02. The van der Waals surface area contributed by atoms with Gasteiger partial charge in [0.05, 0.1) is 16.1 Å². The molecule has 21 heavy (non-hydrogen) atoms. The molecule has 0 heterocycles. The summed E-state index contributed by atoms with van der Waals surface area (Å²) in [5.41, 5.74) is 5.40. The zero-order valence-electron chi connectivity index (χ0n) is 10.5. The van der Waals surface area contributed by atoms with Gasteiger partial charge in [-0.2, -0.15) is 0 Å². The summed E-state index contributed by atoms with van der Waals surface area (Å²) in [4.78, 5) is 23.2. The molecule has 0 fully saturated rings. The third-order valence-corrected chi connectivity index (χ3v) is 3.49. The maximum absolute atomic E-state index is 13.6. The van der Waals surface area contributed by atoms with E-state index in [1.165, 1.54) is 36.4 Å². The first-order valence-corrected chi connectivity index (χ1v) is 6.91. The van der Waals surface area contributed by atoms with Crippen LogP contribution < -0.4 is 11.1 Å². The van der Waals surface area contributed by atoms with Gasteiger partial charge in [0, 0.05) is 10.2 Å². The summed E-state index contributed by atoms with van der Waals surface area (Å²) in [5, 5.41) is 2.66. The van der Waals surface area contributed by atoms with E-state index in [1.807, 2.05) is 0 Å². The van der Waals surface area contributed by atoms with Gasteiger partial charge in [0.25, 0.3) is 5.91 Å². The molecule has 0 aromatic heterocycles. The minimum absolute atomic E-state index is 0.0733. The Morgan fingerprint density at radius 3 is 2.52 bits per heavy atom. The van der Waals surface area contributed by atoms with Crippen LogP contribution in [0, 0.1) is 5.82 Å². The largest absolute Gasteiger partial charge is 0.366 e. The van der Waals surface area contributed by atoms with Crippen molar-refractivity contribution in [3.05, 3.63) is 62.8 Å². The Labute approximate surface area is 133 Å². The fourth-order valence-electron chi connectivity index (χ4n) is 1.66. The van der Waals surface area contributed by atoms with E-state index in [-0.39, 0.29) is 21.8 Å². The van der Waals surface area contributed by atoms with Crippen LogP contribution in [0.3, 0.4) is 0 Å². The van der Waals surface area contributed by atoms with Crippen LogP contribution in [-0.4, -0.2) is 11.8 Å². The normalized spacial score (nSPS) is 10.2. The molecule has 2 aromatic rings. The molecule has 0 saturated heterocycles. The number of hydrogen-bond donors (Lipinski definition) is 2. The summed E-state index contributed by atoms with van der Waals surface area (Å²) in [6.45, 7) is 0. The highest BCUT2D eigenvalue weighted by atomic mass is 79.9. The molecule has 0 aliphatic rings. The second-order valence-electron chi connectivity index (χ2n) is 4.14. The number of benzene rings is 2. The van der Waals surface area contributed by atoms with E-state index in [9.17, 15) is 14.0 Å². The number of halogens is 3. The maximum atomic E-state index is 13.6. The van der Waals surface area contributed by atoms with Gasteiger partial charge in [0.15, 0.2) is 0 Å². The van der Waals surface area contributed by atoms with Gasteiger partial charge in [-0.3, -0.25) is 9.59 Å². The molecule has 0 radical (unpaired) electrons. The number of carbonyl (C=O) groups excluding carboxylic acids is 2. The van der Waals surface area contributed by atoms with Gasteiger partial charge >= 0.3 is 0 Å². The summed E-state index contributed by atoms with van der Waals surface area (Å²) < 4.78 is 14.2. The van der Waals surface area contributed by atoms with Crippen molar-refractivity contribution in [1.82, 2.24) is 0 Å². The Morgan fingerprint density at radius 2 is 1.86 bits per heavy atom. The van der Waals surface area contributed by atoms with Crippen molar-refractivity contribution >= 4 is 45.0 Å². The first-order valence-electron chi connectivity index (χ1n) is 5.74. The van der Waals surface area contributed by atoms with E-state index in [1.54, 1.807) is 0 Å². The van der Waals surface area contributed by atoms with Crippen LogP contribution in [0.5, 0.6) is 0 Å².